The second-order valence-electron chi connectivity index (χ2n) is 1.89. The summed E-state index contributed by atoms with van der Waals surface area (Å²) in [5.74, 6) is -0.543. The molecule has 0 aromatic rings. The maximum absolute atomic E-state index is 11.0. The van der Waals surface area contributed by atoms with Crippen LogP contribution in [0.25, 0.3) is 0 Å². The quantitative estimate of drug-likeness (QED) is 0.448. The third kappa shape index (κ3) is 3.52. The van der Waals surface area contributed by atoms with Gasteiger partial charge in [-0.3, -0.25) is 4.79 Å². The molecular formula is C7H10BrNO3. The van der Waals surface area contributed by atoms with Gasteiger partial charge in [-0.15, -0.1) is 0 Å². The number of nitrogens with one attached hydrogen (secondary N) is 1. The van der Waals surface area contributed by atoms with E-state index < -0.39 is 5.97 Å². The van der Waals surface area contributed by atoms with E-state index in [9.17, 15) is 9.59 Å². The molecule has 0 fully saturated rings. The van der Waals surface area contributed by atoms with Gasteiger partial charge in [0.25, 0.3) is 0 Å². The molecule has 0 aromatic heterocycles. The number of hydrogen-bond donors (Lipinski definition) is 1. The lowest BCUT2D eigenvalue weighted by Crippen LogP contribution is -2.21. The smallest absolute Gasteiger partial charge is 0.355 e. The molecule has 0 saturated heterocycles. The summed E-state index contributed by atoms with van der Waals surface area (Å²) in [7, 11) is 0. The SMILES string of the molecule is CCOC(=O)/C(NC=O)=C(\C)Br. The van der Waals surface area contributed by atoms with Crippen LogP contribution < -0.4 is 5.32 Å². The van der Waals surface area contributed by atoms with E-state index in [1.807, 2.05) is 0 Å². The van der Waals surface area contributed by atoms with Gasteiger partial charge >= 0.3 is 5.97 Å². The van der Waals surface area contributed by atoms with Crippen LogP contribution >= 0.6 is 15.9 Å². The summed E-state index contributed by atoms with van der Waals surface area (Å²) >= 11 is 3.07. The second-order valence-corrected chi connectivity index (χ2v) is 3.08. The normalized spacial score (nSPS) is 11.6. The molecule has 0 aliphatic rings. The summed E-state index contributed by atoms with van der Waals surface area (Å²) in [5, 5.41) is 2.24. The lowest BCUT2D eigenvalue weighted by atomic mass is 10.4. The fourth-order valence-corrected chi connectivity index (χ4v) is 0.838. The molecule has 0 saturated carbocycles. The molecule has 0 radical (unpaired) electrons. The number of hydrogen-bond acceptors (Lipinski definition) is 3. The Labute approximate surface area is 79.1 Å². The summed E-state index contributed by atoms with van der Waals surface area (Å²) in [6, 6.07) is 0. The first-order valence-corrected chi connectivity index (χ1v) is 4.16. The number of rotatable bonds is 4. The minimum Gasteiger partial charge on any atom is -0.461 e. The molecule has 0 atom stereocenters. The number of ether oxygens (including phenoxy) is 1. The standard InChI is InChI=1S/C7H10BrNO3/c1-3-12-7(11)6(5(2)8)9-4-10/h4H,3H2,1-2H3,(H,9,10)/b6-5-. The summed E-state index contributed by atoms with van der Waals surface area (Å²) in [6.45, 7) is 3.62. The van der Waals surface area contributed by atoms with E-state index >= 15 is 0 Å². The van der Waals surface area contributed by atoms with E-state index in [4.69, 9.17) is 0 Å². The van der Waals surface area contributed by atoms with Gasteiger partial charge in [0.15, 0.2) is 0 Å². The average Bonchev–Trinajstić information content (AvgIpc) is 1.99. The van der Waals surface area contributed by atoms with Gasteiger partial charge in [0, 0.05) is 4.48 Å². The van der Waals surface area contributed by atoms with Gasteiger partial charge < -0.3 is 10.1 Å². The molecule has 0 aliphatic carbocycles. The third-order valence-corrected chi connectivity index (χ3v) is 1.42. The van der Waals surface area contributed by atoms with E-state index in [1.54, 1.807) is 13.8 Å². The average molecular weight is 236 g/mol. The molecule has 0 unspecified atom stereocenters. The maximum atomic E-state index is 11.0. The van der Waals surface area contributed by atoms with Crippen molar-refractivity contribution in [1.29, 1.82) is 0 Å². The van der Waals surface area contributed by atoms with Gasteiger partial charge in [0.1, 0.15) is 5.70 Å². The Bertz CT molecular complexity index is 209. The molecule has 4 nitrogen and oxygen atoms in total. The summed E-state index contributed by atoms with van der Waals surface area (Å²) in [5.41, 5.74) is 0.131. The van der Waals surface area contributed by atoms with Crippen molar-refractivity contribution in [3.63, 3.8) is 0 Å². The Morgan fingerprint density at radius 2 is 2.25 bits per heavy atom. The van der Waals surface area contributed by atoms with Gasteiger partial charge in [0.2, 0.25) is 6.41 Å². The van der Waals surface area contributed by atoms with Crippen LogP contribution in [0.4, 0.5) is 0 Å². The second kappa shape index (κ2) is 5.77. The van der Waals surface area contributed by atoms with Crippen LogP contribution in [-0.2, 0) is 14.3 Å². The van der Waals surface area contributed by atoms with E-state index in [1.165, 1.54) is 0 Å². The van der Waals surface area contributed by atoms with Crippen molar-refractivity contribution < 1.29 is 14.3 Å². The van der Waals surface area contributed by atoms with Gasteiger partial charge in [-0.05, 0) is 13.8 Å². The molecule has 1 N–H and O–H groups in total. The first kappa shape index (κ1) is 11.2. The topological polar surface area (TPSA) is 55.4 Å². The van der Waals surface area contributed by atoms with Gasteiger partial charge in [0.05, 0.1) is 6.61 Å². The fourth-order valence-electron chi connectivity index (χ4n) is 0.561. The number of carbonyl (C=O) groups excluding carboxylic acids is 2. The fraction of sp³-hybridized carbons (Fsp3) is 0.429. The van der Waals surface area contributed by atoms with Crippen molar-refractivity contribution in [3.05, 3.63) is 10.2 Å². The Hall–Kier alpha value is -0.840. The highest BCUT2D eigenvalue weighted by Crippen LogP contribution is 2.09. The molecule has 1 amide bonds. The van der Waals surface area contributed by atoms with E-state index in [2.05, 4.69) is 26.0 Å². The largest absolute Gasteiger partial charge is 0.461 e. The van der Waals surface area contributed by atoms with Crippen molar-refractivity contribution in [1.82, 2.24) is 5.32 Å². The molecule has 0 bridgehead atoms. The predicted octanol–water partition coefficient (Wildman–Crippen LogP) is 0.922. The number of allylic oxidation sites excluding steroid dienone is 1. The molecule has 5 heteroatoms. The lowest BCUT2D eigenvalue weighted by molar-refractivity contribution is -0.139. The summed E-state index contributed by atoms with van der Waals surface area (Å²) in [6.07, 6.45) is 0.428. The highest BCUT2D eigenvalue weighted by atomic mass is 79.9. The summed E-state index contributed by atoms with van der Waals surface area (Å²) in [4.78, 5) is 21.1. The van der Waals surface area contributed by atoms with Crippen LogP contribution in [0.15, 0.2) is 10.2 Å². The van der Waals surface area contributed by atoms with E-state index in [-0.39, 0.29) is 12.3 Å². The van der Waals surface area contributed by atoms with Crippen molar-refractivity contribution in [2.24, 2.45) is 0 Å². The van der Waals surface area contributed by atoms with Crippen LogP contribution in [-0.4, -0.2) is 19.0 Å². The zero-order valence-corrected chi connectivity index (χ0v) is 8.47. The molecule has 0 heterocycles. The van der Waals surface area contributed by atoms with Crippen LogP contribution in [0.3, 0.4) is 0 Å². The molecule has 0 aliphatic heterocycles. The highest BCUT2D eigenvalue weighted by molar-refractivity contribution is 9.11. The van der Waals surface area contributed by atoms with Gasteiger partial charge in [-0.25, -0.2) is 4.79 Å². The summed E-state index contributed by atoms with van der Waals surface area (Å²) < 4.78 is 5.20. The molecule has 0 aromatic carbocycles. The zero-order chi connectivity index (χ0) is 9.56. The highest BCUT2D eigenvalue weighted by Gasteiger charge is 2.11. The molecule has 12 heavy (non-hydrogen) atoms. The van der Waals surface area contributed by atoms with Crippen molar-refractivity contribution in [3.8, 4) is 0 Å². The zero-order valence-electron chi connectivity index (χ0n) is 6.89. The minimum atomic E-state index is -0.543. The first-order valence-electron chi connectivity index (χ1n) is 3.37. The Kier molecular flexibility index (Phi) is 5.36. The van der Waals surface area contributed by atoms with Crippen LogP contribution in [0.2, 0.25) is 0 Å². The molecule has 0 spiro atoms. The Balaban J connectivity index is 4.42. The minimum absolute atomic E-state index is 0.131. The van der Waals surface area contributed by atoms with Gasteiger partial charge in [-0.1, -0.05) is 15.9 Å². The van der Waals surface area contributed by atoms with Crippen LogP contribution in [0, 0.1) is 0 Å². The van der Waals surface area contributed by atoms with Crippen molar-refractivity contribution >= 4 is 28.3 Å². The maximum Gasteiger partial charge on any atom is 0.355 e. The van der Waals surface area contributed by atoms with E-state index in [0.717, 1.165) is 0 Å². The third-order valence-electron chi connectivity index (χ3n) is 1.03. The Morgan fingerprint density at radius 1 is 1.67 bits per heavy atom. The molecule has 68 valence electrons. The lowest BCUT2D eigenvalue weighted by Gasteiger charge is -2.05. The predicted molar refractivity (Wildman–Crippen MR) is 47.5 cm³/mol. The number of esters is 1. The first-order chi connectivity index (χ1) is 5.63. The molecule has 0 rings (SSSR count). The van der Waals surface area contributed by atoms with Gasteiger partial charge in [-0.2, -0.15) is 0 Å². The van der Waals surface area contributed by atoms with Crippen LogP contribution in [0.1, 0.15) is 13.8 Å². The number of carbonyl (C=O) groups is 2. The van der Waals surface area contributed by atoms with Crippen molar-refractivity contribution in [2.45, 2.75) is 13.8 Å². The van der Waals surface area contributed by atoms with Crippen molar-refractivity contribution in [2.75, 3.05) is 6.61 Å². The van der Waals surface area contributed by atoms with E-state index in [0.29, 0.717) is 10.9 Å². The molecular weight excluding hydrogens is 226 g/mol. The Morgan fingerprint density at radius 3 is 2.58 bits per heavy atom. The number of halogens is 1. The van der Waals surface area contributed by atoms with Crippen LogP contribution in [0.5, 0.6) is 0 Å². The number of amides is 1. The monoisotopic (exact) mass is 235 g/mol.